The van der Waals surface area contributed by atoms with Gasteiger partial charge in [-0.05, 0) is 6.42 Å². The lowest BCUT2D eigenvalue weighted by molar-refractivity contribution is -0.421. The van der Waals surface area contributed by atoms with Crippen LogP contribution in [0.4, 0.5) is 0 Å². The van der Waals surface area contributed by atoms with Crippen molar-refractivity contribution < 1.29 is 4.92 Å². The highest BCUT2D eigenvalue weighted by molar-refractivity contribution is 6.22. The minimum Gasteiger partial charge on any atom is -0.393 e. The molecule has 0 heterocycles. The molecule has 0 saturated carbocycles. The van der Waals surface area contributed by atoms with Crippen LogP contribution in [0.2, 0.25) is 0 Å². The largest absolute Gasteiger partial charge is 0.393 e. The highest BCUT2D eigenvalue weighted by Gasteiger charge is 2.20. The third kappa shape index (κ3) is 1.71. The van der Waals surface area contributed by atoms with Crippen molar-refractivity contribution in [2.75, 3.05) is 0 Å². The summed E-state index contributed by atoms with van der Waals surface area (Å²) in [7, 11) is 0. The molecule has 0 fully saturated rings. The topological polar surface area (TPSA) is 69.2 Å². The molecule has 4 nitrogen and oxygen atoms in total. The molecule has 0 aromatic heterocycles. The Hall–Kier alpha value is -1.03. The minimum atomic E-state index is -0.527. The van der Waals surface area contributed by atoms with Crippen LogP contribution in [0.25, 0.3) is 0 Å². The van der Waals surface area contributed by atoms with Gasteiger partial charge in [0.25, 0.3) is 5.70 Å². The predicted molar refractivity (Wildman–Crippen MR) is 41.6 cm³/mol. The Labute approximate surface area is 68.5 Å². The molecule has 1 aliphatic rings. The van der Waals surface area contributed by atoms with Crippen LogP contribution in [0.15, 0.2) is 23.5 Å². The molecule has 0 bridgehead atoms. The molecule has 0 saturated heterocycles. The summed E-state index contributed by atoms with van der Waals surface area (Å²) in [5, 5.41) is 9.97. The van der Waals surface area contributed by atoms with Crippen LogP contribution in [0.3, 0.4) is 0 Å². The van der Waals surface area contributed by atoms with Gasteiger partial charge in [-0.1, -0.05) is 6.08 Å². The van der Waals surface area contributed by atoms with E-state index in [1.165, 1.54) is 6.08 Å². The van der Waals surface area contributed by atoms with Crippen molar-refractivity contribution in [1.82, 2.24) is 0 Å². The van der Waals surface area contributed by atoms with E-state index >= 15 is 0 Å². The Morgan fingerprint density at radius 1 is 1.82 bits per heavy atom. The average molecular weight is 175 g/mol. The fraction of sp³-hybridized carbons (Fsp3) is 0.333. The zero-order valence-electron chi connectivity index (χ0n) is 5.66. The Balaban J connectivity index is 2.90. The molecule has 60 valence electrons. The van der Waals surface area contributed by atoms with E-state index in [1.54, 1.807) is 6.08 Å². The van der Waals surface area contributed by atoms with Gasteiger partial charge in [-0.25, -0.2) is 0 Å². The number of alkyl halides is 1. The first-order valence-corrected chi connectivity index (χ1v) is 3.51. The van der Waals surface area contributed by atoms with Gasteiger partial charge in [0, 0.05) is 6.08 Å². The first-order chi connectivity index (χ1) is 5.11. The highest BCUT2D eigenvalue weighted by Crippen LogP contribution is 2.18. The molecule has 0 aliphatic heterocycles. The van der Waals surface area contributed by atoms with E-state index in [0.29, 0.717) is 6.42 Å². The smallest absolute Gasteiger partial charge is 0.289 e. The summed E-state index contributed by atoms with van der Waals surface area (Å²) in [6.45, 7) is 0. The highest BCUT2D eigenvalue weighted by atomic mass is 35.5. The fourth-order valence-corrected chi connectivity index (χ4v) is 1.05. The minimum absolute atomic E-state index is 0.0868. The van der Waals surface area contributed by atoms with Crippen molar-refractivity contribution in [2.24, 2.45) is 5.73 Å². The molecule has 1 atom stereocenters. The maximum absolute atomic E-state index is 10.3. The molecule has 0 aromatic rings. The van der Waals surface area contributed by atoms with Crippen LogP contribution in [0.1, 0.15) is 6.42 Å². The monoisotopic (exact) mass is 174 g/mol. The third-order valence-electron chi connectivity index (χ3n) is 1.39. The molecule has 0 aromatic carbocycles. The van der Waals surface area contributed by atoms with Gasteiger partial charge in [-0.2, -0.15) is 0 Å². The summed E-state index contributed by atoms with van der Waals surface area (Å²) in [6.07, 6.45) is 3.48. The van der Waals surface area contributed by atoms with Crippen LogP contribution in [0.5, 0.6) is 0 Å². The maximum atomic E-state index is 10.3. The number of nitrogens with two attached hydrogens (primary N) is 1. The Kier molecular flexibility index (Phi) is 2.14. The summed E-state index contributed by atoms with van der Waals surface area (Å²) in [5.41, 5.74) is 5.45. The molecular weight excluding hydrogens is 168 g/mol. The second-order valence-corrected chi connectivity index (χ2v) is 2.78. The van der Waals surface area contributed by atoms with Gasteiger partial charge in [-0.3, -0.25) is 10.1 Å². The Morgan fingerprint density at radius 2 is 2.45 bits per heavy atom. The number of hydrogen-bond acceptors (Lipinski definition) is 3. The number of nitro groups is 1. The van der Waals surface area contributed by atoms with Crippen molar-refractivity contribution in [3.8, 4) is 0 Å². The molecule has 2 N–H and O–H groups in total. The van der Waals surface area contributed by atoms with Gasteiger partial charge in [0.15, 0.2) is 0 Å². The van der Waals surface area contributed by atoms with Crippen LogP contribution >= 0.6 is 11.6 Å². The molecule has 1 rings (SSSR count). The van der Waals surface area contributed by atoms with E-state index in [4.69, 9.17) is 17.3 Å². The van der Waals surface area contributed by atoms with Gasteiger partial charge in [0.05, 0.1) is 10.3 Å². The van der Waals surface area contributed by atoms with E-state index in [9.17, 15) is 10.1 Å². The number of halogens is 1. The van der Waals surface area contributed by atoms with E-state index < -0.39 is 4.92 Å². The lowest BCUT2D eigenvalue weighted by Gasteiger charge is -2.07. The molecule has 5 heteroatoms. The standard InChI is InChI=1S/C6H7ClN2O2/c7-4-1-2-5(8)6(3-4)9(10)11/h2-4H,1,8H2. The molecule has 0 amide bonds. The summed E-state index contributed by atoms with van der Waals surface area (Å²) in [4.78, 5) is 9.74. The van der Waals surface area contributed by atoms with E-state index in [-0.39, 0.29) is 16.8 Å². The van der Waals surface area contributed by atoms with E-state index in [0.717, 1.165) is 0 Å². The molecule has 0 spiro atoms. The van der Waals surface area contributed by atoms with Crippen LogP contribution in [-0.4, -0.2) is 10.3 Å². The van der Waals surface area contributed by atoms with Crippen LogP contribution < -0.4 is 5.73 Å². The quantitative estimate of drug-likeness (QED) is 0.366. The fourth-order valence-electron chi connectivity index (χ4n) is 0.846. The van der Waals surface area contributed by atoms with Crippen LogP contribution in [0, 0.1) is 10.1 Å². The van der Waals surface area contributed by atoms with Gasteiger partial charge < -0.3 is 5.73 Å². The molecular formula is C6H7ClN2O2. The Morgan fingerprint density at radius 3 is 2.91 bits per heavy atom. The van der Waals surface area contributed by atoms with Crippen molar-refractivity contribution in [1.29, 1.82) is 0 Å². The first-order valence-electron chi connectivity index (χ1n) is 3.07. The molecule has 1 aliphatic carbocycles. The normalized spacial score (nSPS) is 23.9. The van der Waals surface area contributed by atoms with Crippen molar-refractivity contribution in [2.45, 2.75) is 11.8 Å². The SMILES string of the molecule is NC1=CCC(Cl)C=C1[N+](=O)[O-]. The number of hydrogen-bond donors (Lipinski definition) is 1. The summed E-state index contributed by atoms with van der Waals surface area (Å²) >= 11 is 5.64. The van der Waals surface area contributed by atoms with E-state index in [1.807, 2.05) is 0 Å². The van der Waals surface area contributed by atoms with Gasteiger partial charge >= 0.3 is 0 Å². The summed E-state index contributed by atoms with van der Waals surface area (Å²) in [5.74, 6) is 0. The number of allylic oxidation sites excluding steroid dienone is 2. The molecule has 11 heavy (non-hydrogen) atoms. The molecule has 0 radical (unpaired) electrons. The van der Waals surface area contributed by atoms with Crippen LogP contribution in [-0.2, 0) is 0 Å². The van der Waals surface area contributed by atoms with Gasteiger partial charge in [0.1, 0.15) is 5.70 Å². The summed E-state index contributed by atoms with van der Waals surface area (Å²) < 4.78 is 0. The van der Waals surface area contributed by atoms with Crippen molar-refractivity contribution in [3.05, 3.63) is 33.7 Å². The average Bonchev–Trinajstić information content (AvgIpc) is 1.94. The van der Waals surface area contributed by atoms with Crippen molar-refractivity contribution >= 4 is 11.6 Å². The number of nitrogens with zero attached hydrogens (tertiary/aromatic N) is 1. The van der Waals surface area contributed by atoms with Gasteiger partial charge in [0.2, 0.25) is 0 Å². The van der Waals surface area contributed by atoms with Gasteiger partial charge in [-0.15, -0.1) is 11.6 Å². The second kappa shape index (κ2) is 2.92. The van der Waals surface area contributed by atoms with E-state index in [2.05, 4.69) is 0 Å². The van der Waals surface area contributed by atoms with Crippen molar-refractivity contribution in [3.63, 3.8) is 0 Å². The maximum Gasteiger partial charge on any atom is 0.289 e. The third-order valence-corrected chi connectivity index (χ3v) is 1.70. The lowest BCUT2D eigenvalue weighted by atomic mass is 10.1. The zero-order chi connectivity index (χ0) is 8.43. The first kappa shape index (κ1) is 8.07. The zero-order valence-corrected chi connectivity index (χ0v) is 6.41. The second-order valence-electron chi connectivity index (χ2n) is 2.22. The predicted octanol–water partition coefficient (Wildman–Crippen LogP) is 1.00. The molecule has 1 unspecified atom stereocenters. The Bertz CT molecular complexity index is 247. The lowest BCUT2D eigenvalue weighted by Crippen LogP contribution is -2.15. The number of rotatable bonds is 1. The summed E-state index contributed by atoms with van der Waals surface area (Å²) in [6, 6.07) is 0.